The molecule has 9 nitrogen and oxygen atoms in total. The number of amides is 2. The summed E-state index contributed by atoms with van der Waals surface area (Å²) < 4.78 is 1.51. The van der Waals surface area contributed by atoms with Crippen molar-refractivity contribution in [3.05, 3.63) is 107 Å². The molecule has 37 heavy (non-hydrogen) atoms. The van der Waals surface area contributed by atoms with Crippen LogP contribution in [0.4, 0.5) is 11.4 Å². The number of para-hydroxylation sites is 1. The molecule has 0 spiro atoms. The lowest BCUT2D eigenvalue weighted by molar-refractivity contribution is 0.0933. The Morgan fingerprint density at radius 3 is 2.54 bits per heavy atom. The third-order valence-corrected chi connectivity index (χ3v) is 6.19. The number of ketones is 1. The number of carbonyl (C=O) groups excluding carboxylic acids is 3. The molecule has 2 N–H and O–H groups in total. The quantitative estimate of drug-likeness (QED) is 0.406. The summed E-state index contributed by atoms with van der Waals surface area (Å²) in [6, 6.07) is 21.1. The minimum absolute atomic E-state index is 0.102. The fourth-order valence-electron chi connectivity index (χ4n) is 4.39. The molecule has 1 aliphatic rings. The second-order valence-corrected chi connectivity index (χ2v) is 8.65. The van der Waals surface area contributed by atoms with Crippen LogP contribution in [0.5, 0.6) is 5.75 Å². The molecule has 1 aliphatic heterocycles. The molecule has 1 aromatic heterocycles. The summed E-state index contributed by atoms with van der Waals surface area (Å²) in [7, 11) is 0. The van der Waals surface area contributed by atoms with E-state index in [-0.39, 0.29) is 34.4 Å². The Morgan fingerprint density at radius 1 is 1.05 bits per heavy atom. The van der Waals surface area contributed by atoms with E-state index in [2.05, 4.69) is 10.4 Å². The van der Waals surface area contributed by atoms with Gasteiger partial charge in [0.15, 0.2) is 5.78 Å². The molecule has 0 saturated heterocycles. The molecular formula is C28H21N5O4. The van der Waals surface area contributed by atoms with Crippen LogP contribution in [0.2, 0.25) is 0 Å². The molecule has 0 radical (unpaired) electrons. The first-order valence-electron chi connectivity index (χ1n) is 11.5. The van der Waals surface area contributed by atoms with E-state index < -0.39 is 11.8 Å². The van der Waals surface area contributed by atoms with Gasteiger partial charge in [0.2, 0.25) is 0 Å². The van der Waals surface area contributed by atoms with Gasteiger partial charge in [0.05, 0.1) is 41.5 Å². The van der Waals surface area contributed by atoms with Gasteiger partial charge in [0.25, 0.3) is 11.8 Å². The number of rotatable bonds is 5. The van der Waals surface area contributed by atoms with E-state index in [0.717, 1.165) is 0 Å². The van der Waals surface area contributed by atoms with Crippen molar-refractivity contribution in [3.63, 3.8) is 0 Å². The van der Waals surface area contributed by atoms with Gasteiger partial charge in [-0.2, -0.15) is 10.4 Å². The predicted octanol–water partition coefficient (Wildman–Crippen LogP) is 3.99. The van der Waals surface area contributed by atoms with Gasteiger partial charge in [-0.05, 0) is 61.5 Å². The number of nitrogens with zero attached hydrogens (tertiary/aromatic N) is 4. The average Bonchev–Trinajstić information content (AvgIpc) is 3.33. The minimum atomic E-state index is -0.511. The molecule has 0 bridgehead atoms. The van der Waals surface area contributed by atoms with Gasteiger partial charge in [-0.1, -0.05) is 18.2 Å². The fraction of sp³-hybridized carbons (Fsp3) is 0.107. The molecule has 3 aromatic carbocycles. The van der Waals surface area contributed by atoms with Crippen LogP contribution in [0, 0.1) is 11.3 Å². The zero-order valence-electron chi connectivity index (χ0n) is 19.8. The van der Waals surface area contributed by atoms with E-state index in [4.69, 9.17) is 5.26 Å². The van der Waals surface area contributed by atoms with Crippen molar-refractivity contribution in [1.82, 2.24) is 9.78 Å². The van der Waals surface area contributed by atoms with Crippen molar-refractivity contribution in [2.45, 2.75) is 19.5 Å². The molecule has 5 rings (SSSR count). The van der Waals surface area contributed by atoms with E-state index in [1.54, 1.807) is 71.6 Å². The number of hydrogen-bond acceptors (Lipinski definition) is 6. The fourth-order valence-corrected chi connectivity index (χ4v) is 4.39. The number of nitriles is 1. The Morgan fingerprint density at radius 2 is 1.81 bits per heavy atom. The number of hydrogen-bond donors (Lipinski definition) is 2. The molecule has 182 valence electrons. The smallest absolute Gasteiger partial charge is 0.277 e. The molecule has 2 heterocycles. The molecule has 0 fully saturated rings. The molecule has 0 aliphatic carbocycles. The largest absolute Gasteiger partial charge is 0.507 e. The van der Waals surface area contributed by atoms with Gasteiger partial charge < -0.3 is 15.3 Å². The van der Waals surface area contributed by atoms with Crippen molar-refractivity contribution in [1.29, 1.82) is 5.26 Å². The van der Waals surface area contributed by atoms with Gasteiger partial charge in [-0.3, -0.25) is 19.1 Å². The van der Waals surface area contributed by atoms with Crippen LogP contribution < -0.4 is 10.2 Å². The highest BCUT2D eigenvalue weighted by Crippen LogP contribution is 2.28. The standard InChI is InChI=1S/C28H21N5O4/c1-17-16-32-25(23(15-30-32)27(36)31-20-6-4-5-18(13-20)14-29)28(37)33(17)21-11-9-19(10-12-21)26(35)22-7-2-3-8-24(22)34/h2-13,15,17,34H,16H2,1H3,(H,31,36). The van der Waals surface area contributed by atoms with E-state index in [0.29, 0.717) is 29.0 Å². The number of aromatic nitrogens is 2. The van der Waals surface area contributed by atoms with Crippen LogP contribution in [0.1, 0.15) is 49.3 Å². The van der Waals surface area contributed by atoms with E-state index in [1.807, 2.05) is 13.0 Å². The summed E-state index contributed by atoms with van der Waals surface area (Å²) in [6.45, 7) is 2.24. The first-order chi connectivity index (χ1) is 17.9. The van der Waals surface area contributed by atoms with Gasteiger partial charge in [-0.25, -0.2) is 0 Å². The van der Waals surface area contributed by atoms with Crippen LogP contribution in [-0.2, 0) is 6.54 Å². The first-order valence-corrected chi connectivity index (χ1v) is 11.5. The molecule has 1 atom stereocenters. The number of phenolic OH excluding ortho intramolecular Hbond substituents is 1. The molecular weight excluding hydrogens is 470 g/mol. The SMILES string of the molecule is CC1Cn2ncc(C(=O)Nc3cccc(C#N)c3)c2C(=O)N1c1ccc(C(=O)c2ccccc2O)cc1. The number of nitrogens with one attached hydrogen (secondary N) is 1. The second kappa shape index (κ2) is 9.43. The average molecular weight is 492 g/mol. The van der Waals surface area contributed by atoms with Crippen LogP contribution in [-0.4, -0.2) is 38.5 Å². The van der Waals surface area contributed by atoms with Gasteiger partial charge in [0.1, 0.15) is 11.4 Å². The molecule has 4 aromatic rings. The Labute approximate surface area is 212 Å². The van der Waals surface area contributed by atoms with Crippen molar-refractivity contribution >= 4 is 29.0 Å². The molecule has 1 unspecified atom stereocenters. The van der Waals surface area contributed by atoms with Crippen molar-refractivity contribution in [3.8, 4) is 11.8 Å². The normalized spacial score (nSPS) is 14.5. The van der Waals surface area contributed by atoms with E-state index >= 15 is 0 Å². The van der Waals surface area contributed by atoms with Crippen LogP contribution >= 0.6 is 0 Å². The van der Waals surface area contributed by atoms with Crippen LogP contribution in [0.15, 0.2) is 79.0 Å². The summed E-state index contributed by atoms with van der Waals surface area (Å²) in [5, 5.41) is 26.1. The number of phenols is 1. The summed E-state index contributed by atoms with van der Waals surface area (Å²) in [5.74, 6) is -1.34. The Hall–Kier alpha value is -5.23. The summed E-state index contributed by atoms with van der Waals surface area (Å²) >= 11 is 0. The van der Waals surface area contributed by atoms with E-state index in [9.17, 15) is 19.5 Å². The monoisotopic (exact) mass is 491 g/mol. The van der Waals surface area contributed by atoms with Gasteiger partial charge in [0, 0.05) is 16.9 Å². The van der Waals surface area contributed by atoms with Gasteiger partial charge >= 0.3 is 0 Å². The third-order valence-electron chi connectivity index (χ3n) is 6.19. The molecule has 2 amide bonds. The maximum absolute atomic E-state index is 13.6. The lowest BCUT2D eigenvalue weighted by atomic mass is 10.0. The van der Waals surface area contributed by atoms with Crippen LogP contribution in [0.25, 0.3) is 0 Å². The highest BCUT2D eigenvalue weighted by molar-refractivity contribution is 6.16. The molecule has 0 saturated carbocycles. The first kappa shape index (κ1) is 23.5. The number of anilines is 2. The lowest BCUT2D eigenvalue weighted by Crippen LogP contribution is -2.47. The van der Waals surface area contributed by atoms with Crippen molar-refractivity contribution in [2.24, 2.45) is 0 Å². The zero-order chi connectivity index (χ0) is 26.1. The number of benzene rings is 3. The Kier molecular flexibility index (Phi) is 5.99. The highest BCUT2D eigenvalue weighted by atomic mass is 16.3. The maximum atomic E-state index is 13.6. The van der Waals surface area contributed by atoms with Crippen LogP contribution in [0.3, 0.4) is 0 Å². The second-order valence-electron chi connectivity index (χ2n) is 8.65. The minimum Gasteiger partial charge on any atom is -0.507 e. The Bertz CT molecular complexity index is 1580. The lowest BCUT2D eigenvalue weighted by Gasteiger charge is -2.34. The van der Waals surface area contributed by atoms with Crippen molar-refractivity contribution in [2.75, 3.05) is 10.2 Å². The zero-order valence-corrected chi connectivity index (χ0v) is 19.8. The van der Waals surface area contributed by atoms with E-state index in [1.165, 1.54) is 16.9 Å². The number of aromatic hydroxyl groups is 1. The predicted molar refractivity (Wildman–Crippen MR) is 136 cm³/mol. The number of fused-ring (bicyclic) bond motifs is 1. The Balaban J connectivity index is 1.41. The summed E-state index contributed by atoms with van der Waals surface area (Å²) in [4.78, 5) is 41.0. The summed E-state index contributed by atoms with van der Waals surface area (Å²) in [6.07, 6.45) is 1.36. The topological polar surface area (TPSA) is 128 Å². The molecule has 9 heteroatoms. The van der Waals surface area contributed by atoms with Gasteiger partial charge in [-0.15, -0.1) is 0 Å². The highest BCUT2D eigenvalue weighted by Gasteiger charge is 2.36. The number of carbonyl (C=O) groups is 3. The summed E-state index contributed by atoms with van der Waals surface area (Å²) in [5.41, 5.74) is 2.23. The van der Waals surface area contributed by atoms with Crippen molar-refractivity contribution < 1.29 is 19.5 Å². The maximum Gasteiger partial charge on any atom is 0.277 e. The third kappa shape index (κ3) is 4.32.